The summed E-state index contributed by atoms with van der Waals surface area (Å²) in [4.78, 5) is 3.93. The molecular formula is C11H15FN2. The van der Waals surface area contributed by atoms with Gasteiger partial charge >= 0.3 is 0 Å². The van der Waals surface area contributed by atoms with Crippen LogP contribution >= 0.6 is 0 Å². The Hall–Kier alpha value is -1.38. The molecule has 0 saturated heterocycles. The van der Waals surface area contributed by atoms with E-state index in [0.717, 1.165) is 18.5 Å². The molecule has 3 heteroatoms. The third-order valence-electron chi connectivity index (χ3n) is 1.85. The predicted octanol–water partition coefficient (Wildman–Crippen LogP) is 2.49. The predicted molar refractivity (Wildman–Crippen MR) is 56.0 cm³/mol. The van der Waals surface area contributed by atoms with Gasteiger partial charge in [0.25, 0.3) is 0 Å². The lowest BCUT2D eigenvalue weighted by molar-refractivity contribution is 0.600. The van der Waals surface area contributed by atoms with Gasteiger partial charge in [0, 0.05) is 5.70 Å². The molecule has 1 aromatic rings. The van der Waals surface area contributed by atoms with Crippen molar-refractivity contribution < 1.29 is 4.39 Å². The van der Waals surface area contributed by atoms with E-state index in [9.17, 15) is 4.39 Å². The summed E-state index contributed by atoms with van der Waals surface area (Å²) < 4.78 is 13.2. The van der Waals surface area contributed by atoms with Gasteiger partial charge in [0.15, 0.2) is 0 Å². The molecule has 0 spiro atoms. The van der Waals surface area contributed by atoms with Crippen molar-refractivity contribution in [1.82, 2.24) is 4.98 Å². The second-order valence-corrected chi connectivity index (χ2v) is 3.34. The molecule has 0 aliphatic heterocycles. The topological polar surface area (TPSA) is 38.9 Å². The number of nitrogens with zero attached hydrogens (tertiary/aromatic N) is 1. The minimum absolute atomic E-state index is 0.237. The lowest BCUT2D eigenvalue weighted by Gasteiger charge is -2.02. The van der Waals surface area contributed by atoms with E-state index in [2.05, 4.69) is 4.98 Å². The maximum Gasteiger partial charge on any atom is 0.144 e. The smallest absolute Gasteiger partial charge is 0.144 e. The Kier molecular flexibility index (Phi) is 3.63. The summed E-state index contributed by atoms with van der Waals surface area (Å²) in [6.07, 6.45) is 4.64. The van der Waals surface area contributed by atoms with Crippen molar-refractivity contribution in [2.75, 3.05) is 0 Å². The van der Waals surface area contributed by atoms with E-state index in [1.165, 1.54) is 6.20 Å². The van der Waals surface area contributed by atoms with Crippen LogP contribution in [0.4, 0.5) is 4.39 Å². The quantitative estimate of drug-likeness (QED) is 0.802. The van der Waals surface area contributed by atoms with Crippen LogP contribution in [0.3, 0.4) is 0 Å². The van der Waals surface area contributed by atoms with Gasteiger partial charge in [-0.05, 0) is 31.1 Å². The lowest BCUT2D eigenvalue weighted by atomic mass is 10.1. The minimum Gasteiger partial charge on any atom is -0.402 e. The largest absolute Gasteiger partial charge is 0.402 e. The summed E-state index contributed by atoms with van der Waals surface area (Å²) in [5.74, 6) is -0.237. The molecule has 76 valence electrons. The molecule has 0 bridgehead atoms. The second kappa shape index (κ2) is 4.74. The Morgan fingerprint density at radius 3 is 2.93 bits per heavy atom. The molecule has 0 fully saturated rings. The van der Waals surface area contributed by atoms with Gasteiger partial charge < -0.3 is 5.73 Å². The first-order valence-electron chi connectivity index (χ1n) is 4.71. The standard InChI is InChI=1S/C11H15FN2/c1-3-4-9-6-10(5-8(2)13)14-7-11(9)12/h5-7H,3-4,13H2,1-2H3/b8-5-. The van der Waals surface area contributed by atoms with Crippen LogP contribution in [0, 0.1) is 5.82 Å². The van der Waals surface area contributed by atoms with Gasteiger partial charge in [-0.25, -0.2) is 4.39 Å². The van der Waals surface area contributed by atoms with Crippen molar-refractivity contribution in [2.24, 2.45) is 5.73 Å². The highest BCUT2D eigenvalue weighted by Crippen LogP contribution is 2.11. The van der Waals surface area contributed by atoms with Gasteiger partial charge in [-0.2, -0.15) is 0 Å². The molecule has 0 aliphatic rings. The van der Waals surface area contributed by atoms with E-state index < -0.39 is 0 Å². The van der Waals surface area contributed by atoms with E-state index in [0.29, 0.717) is 11.3 Å². The maximum atomic E-state index is 13.2. The summed E-state index contributed by atoms with van der Waals surface area (Å²) in [5.41, 5.74) is 7.61. The normalized spacial score (nSPS) is 11.8. The Morgan fingerprint density at radius 2 is 2.36 bits per heavy atom. The molecule has 1 heterocycles. The molecule has 0 unspecified atom stereocenters. The Labute approximate surface area is 83.7 Å². The van der Waals surface area contributed by atoms with Crippen molar-refractivity contribution in [3.63, 3.8) is 0 Å². The molecular weight excluding hydrogens is 179 g/mol. The van der Waals surface area contributed by atoms with E-state index in [4.69, 9.17) is 5.73 Å². The molecule has 0 radical (unpaired) electrons. The molecule has 0 aliphatic carbocycles. The van der Waals surface area contributed by atoms with Crippen molar-refractivity contribution >= 4 is 6.08 Å². The van der Waals surface area contributed by atoms with Crippen LogP contribution in [-0.4, -0.2) is 4.98 Å². The summed E-state index contributed by atoms with van der Waals surface area (Å²) in [6, 6.07) is 1.75. The van der Waals surface area contributed by atoms with E-state index in [1.807, 2.05) is 6.92 Å². The van der Waals surface area contributed by atoms with Gasteiger partial charge in [-0.1, -0.05) is 13.3 Å². The van der Waals surface area contributed by atoms with Crippen molar-refractivity contribution in [3.05, 3.63) is 35.0 Å². The van der Waals surface area contributed by atoms with Gasteiger partial charge in [0.05, 0.1) is 11.9 Å². The third kappa shape index (κ3) is 2.83. The molecule has 0 amide bonds. The third-order valence-corrected chi connectivity index (χ3v) is 1.85. The number of rotatable bonds is 3. The molecule has 0 atom stereocenters. The van der Waals surface area contributed by atoms with Crippen LogP contribution in [0.15, 0.2) is 18.0 Å². The molecule has 14 heavy (non-hydrogen) atoms. The van der Waals surface area contributed by atoms with E-state index in [1.54, 1.807) is 19.1 Å². The van der Waals surface area contributed by atoms with Crippen molar-refractivity contribution in [3.8, 4) is 0 Å². The van der Waals surface area contributed by atoms with Crippen LogP contribution in [0.1, 0.15) is 31.5 Å². The first kappa shape index (κ1) is 10.7. The molecule has 1 rings (SSSR count). The van der Waals surface area contributed by atoms with Crippen LogP contribution in [0.5, 0.6) is 0 Å². The van der Waals surface area contributed by atoms with E-state index in [-0.39, 0.29) is 5.82 Å². The lowest BCUT2D eigenvalue weighted by Crippen LogP contribution is -1.96. The fourth-order valence-corrected chi connectivity index (χ4v) is 1.27. The zero-order valence-electron chi connectivity index (χ0n) is 8.55. The summed E-state index contributed by atoms with van der Waals surface area (Å²) in [6.45, 7) is 3.80. The fourth-order valence-electron chi connectivity index (χ4n) is 1.27. The second-order valence-electron chi connectivity index (χ2n) is 3.34. The van der Waals surface area contributed by atoms with Gasteiger partial charge in [-0.15, -0.1) is 0 Å². The van der Waals surface area contributed by atoms with Crippen LogP contribution in [0.25, 0.3) is 6.08 Å². The van der Waals surface area contributed by atoms with Gasteiger partial charge in [-0.3, -0.25) is 4.98 Å². The average molecular weight is 194 g/mol. The molecule has 0 aromatic carbocycles. The number of pyridine rings is 1. The van der Waals surface area contributed by atoms with Gasteiger partial charge in [0.2, 0.25) is 0 Å². The van der Waals surface area contributed by atoms with Gasteiger partial charge in [0.1, 0.15) is 5.82 Å². The first-order valence-corrected chi connectivity index (χ1v) is 4.71. The van der Waals surface area contributed by atoms with Crippen LogP contribution < -0.4 is 5.73 Å². The SMILES string of the molecule is CCCc1cc(/C=C(/C)N)ncc1F. The molecule has 2 N–H and O–H groups in total. The first-order chi connectivity index (χ1) is 6.63. The molecule has 1 aromatic heterocycles. The summed E-state index contributed by atoms with van der Waals surface area (Å²) in [7, 11) is 0. The van der Waals surface area contributed by atoms with Crippen molar-refractivity contribution in [1.29, 1.82) is 0 Å². The van der Waals surface area contributed by atoms with Crippen LogP contribution in [-0.2, 0) is 6.42 Å². The maximum absolute atomic E-state index is 13.2. The molecule has 2 nitrogen and oxygen atoms in total. The fraction of sp³-hybridized carbons (Fsp3) is 0.364. The highest BCUT2D eigenvalue weighted by molar-refractivity contribution is 5.48. The Bertz CT molecular complexity index is 341. The van der Waals surface area contributed by atoms with Crippen molar-refractivity contribution in [2.45, 2.75) is 26.7 Å². The molecule has 0 saturated carbocycles. The number of allylic oxidation sites excluding steroid dienone is 1. The average Bonchev–Trinajstić information content (AvgIpc) is 2.10. The minimum atomic E-state index is -0.237. The number of halogens is 1. The Morgan fingerprint density at radius 1 is 1.64 bits per heavy atom. The number of hydrogen-bond donors (Lipinski definition) is 1. The van der Waals surface area contributed by atoms with E-state index >= 15 is 0 Å². The summed E-state index contributed by atoms with van der Waals surface area (Å²) in [5, 5.41) is 0. The monoisotopic (exact) mass is 194 g/mol. The summed E-state index contributed by atoms with van der Waals surface area (Å²) >= 11 is 0. The van der Waals surface area contributed by atoms with Crippen LogP contribution in [0.2, 0.25) is 0 Å². The zero-order chi connectivity index (χ0) is 10.6. The number of aryl methyl sites for hydroxylation is 1. The number of hydrogen-bond acceptors (Lipinski definition) is 2. The number of aromatic nitrogens is 1. The highest BCUT2D eigenvalue weighted by atomic mass is 19.1. The number of nitrogens with two attached hydrogens (primary N) is 1. The Balaban J connectivity index is 3.00. The zero-order valence-corrected chi connectivity index (χ0v) is 8.55. The highest BCUT2D eigenvalue weighted by Gasteiger charge is 2.02.